The van der Waals surface area contributed by atoms with E-state index in [0.29, 0.717) is 27.6 Å². The molecule has 0 saturated carbocycles. The van der Waals surface area contributed by atoms with Gasteiger partial charge in [0.1, 0.15) is 5.75 Å². The van der Waals surface area contributed by atoms with Gasteiger partial charge < -0.3 is 19.2 Å². The number of H-pyrrole nitrogens is 1. The first-order valence-corrected chi connectivity index (χ1v) is 10.4. The minimum Gasteiger partial charge on any atom is -0.482 e. The Labute approximate surface area is 187 Å². The summed E-state index contributed by atoms with van der Waals surface area (Å²) in [7, 11) is 0. The molecule has 0 amide bonds. The van der Waals surface area contributed by atoms with Crippen LogP contribution in [0.3, 0.4) is 0 Å². The second kappa shape index (κ2) is 10.5. The molecule has 168 valence electrons. The zero-order chi connectivity index (χ0) is 23.3. The molecule has 0 aliphatic carbocycles. The number of nitrogens with one attached hydrogen (secondary N) is 1. The maximum absolute atomic E-state index is 12.5. The Balaban J connectivity index is 2.00. The Morgan fingerprint density at radius 3 is 2.35 bits per heavy atom. The Hall–Kier alpha value is -2.80. The average molecular weight is 450 g/mol. The topological polar surface area (TPSA) is 94.7 Å². The van der Waals surface area contributed by atoms with Crippen LogP contribution in [-0.4, -0.2) is 42.5 Å². The molecule has 8 heteroatoms. The Bertz CT molecular complexity index is 992. The first-order chi connectivity index (χ1) is 14.6. The van der Waals surface area contributed by atoms with E-state index in [0.717, 1.165) is 11.1 Å². The van der Waals surface area contributed by atoms with Gasteiger partial charge in [-0.25, -0.2) is 9.59 Å². The van der Waals surface area contributed by atoms with Gasteiger partial charge in [-0.2, -0.15) is 0 Å². The van der Waals surface area contributed by atoms with E-state index in [1.807, 2.05) is 26.8 Å². The third-order valence-corrected chi connectivity index (χ3v) is 5.23. The highest BCUT2D eigenvalue weighted by molar-refractivity contribution is 6.31. The number of esters is 2. The lowest BCUT2D eigenvalue weighted by Crippen LogP contribution is -2.20. The summed E-state index contributed by atoms with van der Waals surface area (Å²) >= 11 is 6.18. The summed E-state index contributed by atoms with van der Waals surface area (Å²) < 4.78 is 15.7. The van der Waals surface area contributed by atoms with Crippen LogP contribution in [0.4, 0.5) is 0 Å². The third kappa shape index (κ3) is 5.88. The van der Waals surface area contributed by atoms with Gasteiger partial charge in [0.2, 0.25) is 5.78 Å². The zero-order valence-corrected chi connectivity index (χ0v) is 19.4. The van der Waals surface area contributed by atoms with Gasteiger partial charge in [0.05, 0.1) is 17.9 Å². The van der Waals surface area contributed by atoms with Gasteiger partial charge in [0.25, 0.3) is 0 Å². The van der Waals surface area contributed by atoms with Crippen molar-refractivity contribution in [3.05, 3.63) is 50.8 Å². The molecule has 0 unspecified atom stereocenters. The Kier molecular flexibility index (Phi) is 8.28. The van der Waals surface area contributed by atoms with Crippen LogP contribution < -0.4 is 4.74 Å². The highest BCUT2D eigenvalue weighted by Crippen LogP contribution is 2.32. The maximum Gasteiger partial charge on any atom is 0.344 e. The summed E-state index contributed by atoms with van der Waals surface area (Å²) in [6, 6.07) is 3.60. The van der Waals surface area contributed by atoms with Crippen LogP contribution >= 0.6 is 11.6 Å². The lowest BCUT2D eigenvalue weighted by molar-refractivity contribution is -0.144. The molecule has 1 aromatic heterocycles. The quantitative estimate of drug-likeness (QED) is 0.440. The molecule has 0 spiro atoms. The minimum absolute atomic E-state index is 0.151. The molecule has 0 radical (unpaired) electrons. The van der Waals surface area contributed by atoms with Crippen LogP contribution in [-0.2, 0) is 14.3 Å². The van der Waals surface area contributed by atoms with Crippen LogP contribution in [0.5, 0.6) is 5.75 Å². The molecule has 2 rings (SSSR count). The van der Waals surface area contributed by atoms with E-state index >= 15 is 0 Å². The molecule has 0 saturated heterocycles. The molecule has 31 heavy (non-hydrogen) atoms. The molecule has 1 aromatic carbocycles. The van der Waals surface area contributed by atoms with Gasteiger partial charge in [-0.15, -0.1) is 0 Å². The number of hydrogen-bond donors (Lipinski definition) is 1. The van der Waals surface area contributed by atoms with Crippen LogP contribution in [0.2, 0.25) is 5.02 Å². The summed E-state index contributed by atoms with van der Waals surface area (Å²) in [5, 5.41) is 0.628. The summed E-state index contributed by atoms with van der Waals surface area (Å²) in [6.07, 6.45) is 0. The number of aromatic nitrogens is 1. The number of rotatable bonds is 9. The van der Waals surface area contributed by atoms with E-state index in [2.05, 4.69) is 4.98 Å². The number of carbonyl (C=O) groups is 3. The second-order valence-corrected chi connectivity index (χ2v) is 7.92. The van der Waals surface area contributed by atoms with Gasteiger partial charge >= 0.3 is 11.9 Å². The van der Waals surface area contributed by atoms with Gasteiger partial charge in [-0.05, 0) is 62.4 Å². The maximum atomic E-state index is 12.5. The average Bonchev–Trinajstić information content (AvgIpc) is 3.00. The number of halogens is 1. The molecular formula is C23H28ClNO6. The van der Waals surface area contributed by atoms with Crippen LogP contribution in [0.15, 0.2) is 12.1 Å². The van der Waals surface area contributed by atoms with E-state index in [1.165, 1.54) is 0 Å². The first-order valence-electron chi connectivity index (χ1n) is 10.0. The SMILES string of the molecule is CCOC(=O)c1c(C)[nH]c(C(=O)COC(=O)COc2cc(C)c(Cl)cc2C(C)C)c1C. The molecular weight excluding hydrogens is 422 g/mol. The minimum atomic E-state index is -0.679. The van der Waals surface area contributed by atoms with Gasteiger partial charge in [-0.3, -0.25) is 4.79 Å². The first kappa shape index (κ1) is 24.5. The second-order valence-electron chi connectivity index (χ2n) is 7.51. The van der Waals surface area contributed by atoms with Crippen molar-refractivity contribution < 1.29 is 28.6 Å². The molecule has 0 atom stereocenters. The van der Waals surface area contributed by atoms with Crippen molar-refractivity contribution in [1.82, 2.24) is 4.98 Å². The van der Waals surface area contributed by atoms with E-state index in [4.69, 9.17) is 25.8 Å². The predicted molar refractivity (Wildman–Crippen MR) is 117 cm³/mol. The fourth-order valence-corrected chi connectivity index (χ4v) is 3.35. The number of ketones is 1. The number of carbonyl (C=O) groups excluding carboxylic acids is 3. The van der Waals surface area contributed by atoms with E-state index in [-0.39, 0.29) is 24.8 Å². The van der Waals surface area contributed by atoms with Crippen molar-refractivity contribution in [1.29, 1.82) is 0 Å². The zero-order valence-electron chi connectivity index (χ0n) is 18.7. The molecule has 0 bridgehead atoms. The monoisotopic (exact) mass is 449 g/mol. The van der Waals surface area contributed by atoms with Gasteiger partial charge in [-0.1, -0.05) is 25.4 Å². The van der Waals surface area contributed by atoms with Crippen molar-refractivity contribution in [3.8, 4) is 5.75 Å². The van der Waals surface area contributed by atoms with Crippen LogP contribution in [0, 0.1) is 20.8 Å². The van der Waals surface area contributed by atoms with E-state index in [9.17, 15) is 14.4 Å². The number of aromatic amines is 1. The lowest BCUT2D eigenvalue weighted by Gasteiger charge is -2.15. The summed E-state index contributed by atoms with van der Waals surface area (Å²) in [6.45, 7) is 10.3. The molecule has 0 fully saturated rings. The smallest absolute Gasteiger partial charge is 0.344 e. The van der Waals surface area contributed by atoms with E-state index in [1.54, 1.807) is 26.8 Å². The number of hydrogen-bond acceptors (Lipinski definition) is 6. The largest absolute Gasteiger partial charge is 0.482 e. The molecule has 7 nitrogen and oxygen atoms in total. The van der Waals surface area contributed by atoms with Crippen LogP contribution in [0.25, 0.3) is 0 Å². The summed E-state index contributed by atoms with van der Waals surface area (Å²) in [5.41, 5.74) is 3.23. The van der Waals surface area contributed by atoms with Crippen molar-refractivity contribution in [3.63, 3.8) is 0 Å². The summed E-state index contributed by atoms with van der Waals surface area (Å²) in [4.78, 5) is 39.6. The van der Waals surface area contributed by atoms with Gasteiger partial charge in [0.15, 0.2) is 13.2 Å². The third-order valence-electron chi connectivity index (χ3n) is 4.82. The predicted octanol–water partition coefficient (Wildman–Crippen LogP) is 4.70. The van der Waals surface area contributed by atoms with E-state index < -0.39 is 24.3 Å². The molecule has 2 aromatic rings. The highest BCUT2D eigenvalue weighted by atomic mass is 35.5. The molecule has 1 heterocycles. The standard InChI is InChI=1S/C23H28ClNO6/c1-7-29-23(28)21-14(5)22(25-15(21)6)18(26)10-31-20(27)11-30-19-8-13(4)17(24)9-16(19)12(2)3/h8-9,12,25H,7,10-11H2,1-6H3. The number of Topliss-reactive ketones (excluding diaryl/α,β-unsaturated/α-hetero) is 1. The van der Waals surface area contributed by atoms with Crippen molar-refractivity contribution in [2.45, 2.75) is 47.5 Å². The Morgan fingerprint density at radius 1 is 1.06 bits per heavy atom. The molecule has 0 aliphatic rings. The number of benzene rings is 1. The normalized spacial score (nSPS) is 10.8. The van der Waals surface area contributed by atoms with Crippen molar-refractivity contribution >= 4 is 29.3 Å². The summed E-state index contributed by atoms with van der Waals surface area (Å²) in [5.74, 6) is -0.928. The lowest BCUT2D eigenvalue weighted by atomic mass is 10.0. The number of aryl methyl sites for hydroxylation is 2. The fourth-order valence-electron chi connectivity index (χ4n) is 3.18. The number of ether oxygens (including phenoxy) is 3. The Morgan fingerprint density at radius 2 is 1.74 bits per heavy atom. The molecule has 1 N–H and O–H groups in total. The molecule has 0 aliphatic heterocycles. The van der Waals surface area contributed by atoms with Crippen LogP contribution in [0.1, 0.15) is 69.9 Å². The highest BCUT2D eigenvalue weighted by Gasteiger charge is 2.23. The fraction of sp³-hybridized carbons (Fsp3) is 0.435. The van der Waals surface area contributed by atoms with Crippen molar-refractivity contribution in [2.24, 2.45) is 0 Å². The van der Waals surface area contributed by atoms with Gasteiger partial charge in [0, 0.05) is 10.7 Å². The van der Waals surface area contributed by atoms with Crippen molar-refractivity contribution in [2.75, 3.05) is 19.8 Å².